The molecule has 0 spiro atoms. The predicted octanol–water partition coefficient (Wildman–Crippen LogP) is 1.68. The number of ether oxygens (including phenoxy) is 1. The van der Waals surface area contributed by atoms with Gasteiger partial charge in [-0.25, -0.2) is 0 Å². The van der Waals surface area contributed by atoms with E-state index in [4.69, 9.17) is 4.74 Å². The molecule has 5 heteroatoms. The van der Waals surface area contributed by atoms with Gasteiger partial charge in [0, 0.05) is 6.54 Å². The van der Waals surface area contributed by atoms with Gasteiger partial charge >= 0.3 is 0 Å². The molecule has 1 aromatic carbocycles. The third-order valence-corrected chi connectivity index (χ3v) is 3.77. The molecule has 0 aromatic heterocycles. The summed E-state index contributed by atoms with van der Waals surface area (Å²) < 4.78 is 4.98. The van der Waals surface area contributed by atoms with E-state index in [1.807, 2.05) is 0 Å². The summed E-state index contributed by atoms with van der Waals surface area (Å²) in [5, 5.41) is 22.3. The van der Waals surface area contributed by atoms with Crippen LogP contribution in [0.15, 0.2) is 18.2 Å². The van der Waals surface area contributed by atoms with Gasteiger partial charge in [-0.3, -0.25) is 4.79 Å². The van der Waals surface area contributed by atoms with Crippen molar-refractivity contribution in [3.8, 4) is 11.5 Å². The van der Waals surface area contributed by atoms with Gasteiger partial charge in [-0.15, -0.1) is 0 Å². The zero-order chi connectivity index (χ0) is 14.5. The molecule has 3 N–H and O–H groups in total. The Balaban J connectivity index is 1.95. The maximum atomic E-state index is 12.1. The Morgan fingerprint density at radius 1 is 1.45 bits per heavy atom. The number of rotatable bonds is 4. The highest BCUT2D eigenvalue weighted by Gasteiger charge is 2.21. The number of benzene rings is 1. The summed E-state index contributed by atoms with van der Waals surface area (Å²) in [5.74, 6) is 0.124. The third-order valence-electron chi connectivity index (χ3n) is 3.77. The molecule has 0 heterocycles. The van der Waals surface area contributed by atoms with Crippen molar-refractivity contribution >= 4 is 5.91 Å². The van der Waals surface area contributed by atoms with Gasteiger partial charge in [0.2, 0.25) is 0 Å². The first-order valence-electron chi connectivity index (χ1n) is 6.94. The van der Waals surface area contributed by atoms with E-state index in [0.717, 1.165) is 25.7 Å². The fraction of sp³-hybridized carbons (Fsp3) is 0.533. The van der Waals surface area contributed by atoms with Crippen molar-refractivity contribution in [1.29, 1.82) is 0 Å². The van der Waals surface area contributed by atoms with E-state index in [1.165, 1.54) is 7.11 Å². The zero-order valence-electron chi connectivity index (χ0n) is 11.6. The molecule has 0 aliphatic heterocycles. The number of aliphatic hydroxyl groups is 1. The number of phenolic OH excluding ortho intramolecular Hbond substituents is 1. The first kappa shape index (κ1) is 14.7. The molecule has 1 aromatic rings. The average molecular weight is 279 g/mol. The Morgan fingerprint density at radius 3 is 2.95 bits per heavy atom. The second-order valence-corrected chi connectivity index (χ2v) is 5.25. The van der Waals surface area contributed by atoms with Crippen LogP contribution in [0.2, 0.25) is 0 Å². The lowest BCUT2D eigenvalue weighted by molar-refractivity contribution is 0.0871. The fourth-order valence-electron chi connectivity index (χ4n) is 2.65. The normalized spacial score (nSPS) is 22.3. The minimum Gasteiger partial charge on any atom is -0.504 e. The van der Waals surface area contributed by atoms with Crippen LogP contribution in [-0.4, -0.2) is 35.9 Å². The van der Waals surface area contributed by atoms with Crippen LogP contribution >= 0.6 is 0 Å². The van der Waals surface area contributed by atoms with E-state index in [-0.39, 0.29) is 29.1 Å². The van der Waals surface area contributed by atoms with Gasteiger partial charge < -0.3 is 20.3 Å². The Bertz CT molecular complexity index is 475. The van der Waals surface area contributed by atoms with Crippen molar-refractivity contribution in [2.45, 2.75) is 31.8 Å². The number of methoxy groups -OCH3 is 1. The molecule has 2 unspecified atom stereocenters. The fourth-order valence-corrected chi connectivity index (χ4v) is 2.65. The predicted molar refractivity (Wildman–Crippen MR) is 75.0 cm³/mol. The standard InChI is InChI=1S/C15H21NO4/c1-20-13-7-3-6-12(14(13)18)15(19)16-9-10-4-2-5-11(17)8-10/h3,6-7,10-11,17-18H,2,4-5,8-9H2,1H3,(H,16,19). The van der Waals surface area contributed by atoms with Gasteiger partial charge in [0.25, 0.3) is 5.91 Å². The molecule has 1 amide bonds. The average Bonchev–Trinajstić information content (AvgIpc) is 2.45. The molecule has 0 saturated heterocycles. The Morgan fingerprint density at radius 2 is 2.25 bits per heavy atom. The summed E-state index contributed by atoms with van der Waals surface area (Å²) in [6, 6.07) is 4.82. The van der Waals surface area contributed by atoms with Crippen molar-refractivity contribution in [3.05, 3.63) is 23.8 Å². The number of carbonyl (C=O) groups is 1. The van der Waals surface area contributed by atoms with E-state index >= 15 is 0 Å². The quantitative estimate of drug-likeness (QED) is 0.783. The molecule has 1 fully saturated rings. The highest BCUT2D eigenvalue weighted by Crippen LogP contribution is 2.29. The summed E-state index contributed by atoms with van der Waals surface area (Å²) >= 11 is 0. The molecule has 1 aliphatic carbocycles. The maximum Gasteiger partial charge on any atom is 0.255 e. The molecule has 20 heavy (non-hydrogen) atoms. The molecule has 1 saturated carbocycles. The van der Waals surface area contributed by atoms with Crippen LogP contribution in [0.5, 0.6) is 11.5 Å². The monoisotopic (exact) mass is 279 g/mol. The van der Waals surface area contributed by atoms with Crippen molar-refractivity contribution in [3.63, 3.8) is 0 Å². The zero-order valence-corrected chi connectivity index (χ0v) is 11.6. The van der Waals surface area contributed by atoms with E-state index < -0.39 is 0 Å². The van der Waals surface area contributed by atoms with Crippen LogP contribution in [0.1, 0.15) is 36.0 Å². The number of carbonyl (C=O) groups excluding carboxylic acids is 1. The number of aliphatic hydroxyl groups excluding tert-OH is 1. The number of para-hydroxylation sites is 1. The molecule has 0 bridgehead atoms. The number of phenols is 1. The maximum absolute atomic E-state index is 12.1. The number of amides is 1. The van der Waals surface area contributed by atoms with Crippen LogP contribution in [0.3, 0.4) is 0 Å². The topological polar surface area (TPSA) is 78.8 Å². The Kier molecular flexibility index (Phi) is 4.84. The third kappa shape index (κ3) is 3.42. The van der Waals surface area contributed by atoms with Gasteiger partial charge in [0.05, 0.1) is 18.8 Å². The van der Waals surface area contributed by atoms with Gasteiger partial charge in [0.1, 0.15) is 0 Å². The van der Waals surface area contributed by atoms with E-state index in [9.17, 15) is 15.0 Å². The highest BCUT2D eigenvalue weighted by atomic mass is 16.5. The molecule has 5 nitrogen and oxygen atoms in total. The van der Waals surface area contributed by atoms with Gasteiger partial charge in [-0.2, -0.15) is 0 Å². The van der Waals surface area contributed by atoms with Gasteiger partial charge in [0.15, 0.2) is 11.5 Å². The molecule has 0 radical (unpaired) electrons. The van der Waals surface area contributed by atoms with E-state index in [1.54, 1.807) is 18.2 Å². The second-order valence-electron chi connectivity index (χ2n) is 5.25. The minimum absolute atomic E-state index is 0.142. The SMILES string of the molecule is COc1cccc(C(=O)NCC2CCCC(O)C2)c1O. The summed E-state index contributed by atoms with van der Waals surface area (Å²) in [4.78, 5) is 12.1. The first-order valence-corrected chi connectivity index (χ1v) is 6.94. The van der Waals surface area contributed by atoms with Crippen LogP contribution in [0.4, 0.5) is 0 Å². The first-order chi connectivity index (χ1) is 9.61. The Hall–Kier alpha value is -1.75. The van der Waals surface area contributed by atoms with Crippen LogP contribution < -0.4 is 10.1 Å². The Labute approximate surface area is 118 Å². The molecule has 1 aliphatic rings. The van der Waals surface area contributed by atoms with Gasteiger partial charge in [-0.1, -0.05) is 12.5 Å². The lowest BCUT2D eigenvalue weighted by Gasteiger charge is -2.25. The minimum atomic E-state index is -0.318. The smallest absolute Gasteiger partial charge is 0.255 e. The number of nitrogens with one attached hydrogen (secondary N) is 1. The molecular formula is C15H21NO4. The van der Waals surface area contributed by atoms with Crippen molar-refractivity contribution in [1.82, 2.24) is 5.32 Å². The summed E-state index contributed by atoms with van der Waals surface area (Å²) in [5.41, 5.74) is 0.209. The van der Waals surface area contributed by atoms with E-state index in [2.05, 4.69) is 5.32 Å². The van der Waals surface area contributed by atoms with Gasteiger partial charge in [-0.05, 0) is 37.3 Å². The van der Waals surface area contributed by atoms with Crippen molar-refractivity contribution in [2.24, 2.45) is 5.92 Å². The van der Waals surface area contributed by atoms with Crippen molar-refractivity contribution < 1.29 is 19.7 Å². The lowest BCUT2D eigenvalue weighted by atomic mass is 9.87. The molecule has 2 rings (SSSR count). The molecule has 110 valence electrons. The highest BCUT2D eigenvalue weighted by molar-refractivity contribution is 5.97. The van der Waals surface area contributed by atoms with Crippen LogP contribution in [0.25, 0.3) is 0 Å². The lowest BCUT2D eigenvalue weighted by Crippen LogP contribution is -2.33. The summed E-state index contributed by atoms with van der Waals surface area (Å²) in [6.45, 7) is 0.520. The number of aromatic hydroxyl groups is 1. The largest absolute Gasteiger partial charge is 0.504 e. The summed E-state index contributed by atoms with van der Waals surface area (Å²) in [6.07, 6.45) is 3.33. The van der Waals surface area contributed by atoms with Crippen LogP contribution in [-0.2, 0) is 0 Å². The molecular weight excluding hydrogens is 258 g/mol. The molecule has 2 atom stereocenters. The van der Waals surface area contributed by atoms with Crippen LogP contribution in [0, 0.1) is 5.92 Å². The van der Waals surface area contributed by atoms with Crippen molar-refractivity contribution in [2.75, 3.05) is 13.7 Å². The number of hydrogen-bond donors (Lipinski definition) is 3. The number of hydrogen-bond acceptors (Lipinski definition) is 4. The second kappa shape index (κ2) is 6.61. The summed E-state index contributed by atoms with van der Waals surface area (Å²) in [7, 11) is 1.44. The van der Waals surface area contributed by atoms with E-state index in [0.29, 0.717) is 12.5 Å².